The number of aryl methyl sites for hydroxylation is 1. The molecule has 0 unspecified atom stereocenters. The topological polar surface area (TPSA) is 83.8 Å². The highest BCUT2D eigenvalue weighted by Crippen LogP contribution is 2.22. The Morgan fingerprint density at radius 1 is 1.39 bits per heavy atom. The third-order valence-corrected chi connectivity index (χ3v) is 3.56. The summed E-state index contributed by atoms with van der Waals surface area (Å²) >= 11 is 0. The minimum atomic E-state index is -0.127. The molecule has 5 heteroatoms. The van der Waals surface area contributed by atoms with Gasteiger partial charge in [-0.2, -0.15) is 5.26 Å². The zero-order valence-electron chi connectivity index (χ0n) is 13.8. The summed E-state index contributed by atoms with van der Waals surface area (Å²) in [6.45, 7) is 5.93. The quantitative estimate of drug-likeness (QED) is 0.889. The van der Waals surface area contributed by atoms with E-state index in [9.17, 15) is 10.1 Å². The van der Waals surface area contributed by atoms with E-state index in [4.69, 9.17) is 5.73 Å². The number of amides is 1. The number of nitrogens with zero attached hydrogens (tertiary/aromatic N) is 2. The van der Waals surface area contributed by atoms with Gasteiger partial charge in [-0.1, -0.05) is 29.8 Å². The number of hydrogen-bond acceptors (Lipinski definition) is 3. The first-order valence-corrected chi connectivity index (χ1v) is 7.63. The molecule has 2 rings (SSSR count). The van der Waals surface area contributed by atoms with Crippen molar-refractivity contribution in [3.8, 4) is 6.07 Å². The fourth-order valence-corrected chi connectivity index (χ4v) is 2.61. The molecule has 5 nitrogen and oxygen atoms in total. The summed E-state index contributed by atoms with van der Waals surface area (Å²) in [6.07, 6.45) is 0.587. The second kappa shape index (κ2) is 7.01. The van der Waals surface area contributed by atoms with Crippen molar-refractivity contribution < 1.29 is 4.79 Å². The molecule has 2 aromatic rings. The number of nitriles is 1. The van der Waals surface area contributed by atoms with Crippen LogP contribution in [0.2, 0.25) is 0 Å². The Morgan fingerprint density at radius 2 is 2.13 bits per heavy atom. The van der Waals surface area contributed by atoms with Gasteiger partial charge in [0, 0.05) is 18.2 Å². The first kappa shape index (κ1) is 16.6. The lowest BCUT2D eigenvalue weighted by molar-refractivity contribution is -0.122. The Labute approximate surface area is 136 Å². The number of hydrogen-bond donors (Lipinski definition) is 2. The largest absolute Gasteiger partial charge is 0.397 e. The van der Waals surface area contributed by atoms with Gasteiger partial charge in [0.1, 0.15) is 18.3 Å². The predicted molar refractivity (Wildman–Crippen MR) is 90.8 cm³/mol. The zero-order chi connectivity index (χ0) is 17.0. The van der Waals surface area contributed by atoms with Crippen LogP contribution in [0.4, 0.5) is 5.69 Å². The van der Waals surface area contributed by atoms with Gasteiger partial charge in [-0.3, -0.25) is 4.79 Å². The van der Waals surface area contributed by atoms with E-state index in [0.717, 1.165) is 16.8 Å². The summed E-state index contributed by atoms with van der Waals surface area (Å²) in [4.78, 5) is 12.1. The van der Waals surface area contributed by atoms with Crippen molar-refractivity contribution in [2.75, 3.05) is 5.73 Å². The van der Waals surface area contributed by atoms with Crippen LogP contribution in [0.1, 0.15) is 36.4 Å². The smallest absolute Gasteiger partial charge is 0.240 e. The lowest BCUT2D eigenvalue weighted by Crippen LogP contribution is -2.33. The summed E-state index contributed by atoms with van der Waals surface area (Å²) in [6, 6.07) is 11.9. The molecule has 120 valence electrons. The van der Waals surface area contributed by atoms with Crippen molar-refractivity contribution in [1.82, 2.24) is 9.88 Å². The van der Waals surface area contributed by atoms with E-state index in [0.29, 0.717) is 17.8 Å². The van der Waals surface area contributed by atoms with E-state index >= 15 is 0 Å². The highest BCUT2D eigenvalue weighted by atomic mass is 16.2. The van der Waals surface area contributed by atoms with Gasteiger partial charge in [-0.25, -0.2) is 0 Å². The number of anilines is 1. The highest BCUT2D eigenvalue weighted by Gasteiger charge is 2.16. The van der Waals surface area contributed by atoms with Crippen molar-refractivity contribution in [3.63, 3.8) is 0 Å². The molecule has 0 fully saturated rings. The van der Waals surface area contributed by atoms with E-state index in [1.54, 1.807) is 10.6 Å². The number of benzene rings is 1. The van der Waals surface area contributed by atoms with Crippen LogP contribution < -0.4 is 11.1 Å². The average Bonchev–Trinajstić information content (AvgIpc) is 2.75. The standard InChI is InChI=1S/C18H22N4O/c1-12(2)21-18(23)11-22-15(10-19)9-16(20)17(22)8-14-6-4-5-13(3)7-14/h4-7,9,12H,8,11,20H2,1-3H3,(H,21,23). The number of carbonyl (C=O) groups is 1. The number of nitrogens with one attached hydrogen (secondary N) is 1. The Bertz CT molecular complexity index is 753. The second-order valence-corrected chi connectivity index (χ2v) is 6.02. The molecule has 0 radical (unpaired) electrons. The van der Waals surface area contributed by atoms with Gasteiger partial charge < -0.3 is 15.6 Å². The summed E-state index contributed by atoms with van der Waals surface area (Å²) in [5.74, 6) is -0.127. The molecule has 23 heavy (non-hydrogen) atoms. The van der Waals surface area contributed by atoms with E-state index in [1.165, 1.54) is 0 Å². The fraction of sp³-hybridized carbons (Fsp3) is 0.333. The summed E-state index contributed by atoms with van der Waals surface area (Å²) in [5.41, 5.74) is 10.1. The number of aromatic nitrogens is 1. The third kappa shape index (κ3) is 4.13. The van der Waals surface area contributed by atoms with E-state index in [1.807, 2.05) is 39.0 Å². The minimum absolute atomic E-state index is 0.0566. The van der Waals surface area contributed by atoms with Crippen molar-refractivity contribution in [1.29, 1.82) is 5.26 Å². The first-order valence-electron chi connectivity index (χ1n) is 7.63. The second-order valence-electron chi connectivity index (χ2n) is 6.02. The van der Waals surface area contributed by atoms with Crippen LogP contribution in [0.15, 0.2) is 30.3 Å². The van der Waals surface area contributed by atoms with Crippen molar-refractivity contribution in [2.45, 2.75) is 39.8 Å². The lowest BCUT2D eigenvalue weighted by atomic mass is 10.1. The Balaban J connectivity index is 2.33. The summed E-state index contributed by atoms with van der Waals surface area (Å²) in [7, 11) is 0. The average molecular weight is 310 g/mol. The van der Waals surface area contributed by atoms with E-state index in [-0.39, 0.29) is 18.5 Å². The van der Waals surface area contributed by atoms with Crippen LogP contribution in [-0.4, -0.2) is 16.5 Å². The third-order valence-electron chi connectivity index (χ3n) is 3.56. The number of nitrogen functional groups attached to an aromatic ring is 1. The summed E-state index contributed by atoms with van der Waals surface area (Å²) < 4.78 is 1.70. The lowest BCUT2D eigenvalue weighted by Gasteiger charge is -2.13. The molecule has 0 aliphatic rings. The zero-order valence-corrected chi connectivity index (χ0v) is 13.8. The normalized spacial score (nSPS) is 10.6. The molecular formula is C18H22N4O. The van der Waals surface area contributed by atoms with Crippen LogP contribution in [0.25, 0.3) is 0 Å². The molecule has 0 aliphatic heterocycles. The molecule has 0 bridgehead atoms. The molecule has 3 N–H and O–H groups in total. The van der Waals surface area contributed by atoms with Crippen LogP contribution >= 0.6 is 0 Å². The maximum atomic E-state index is 12.1. The van der Waals surface area contributed by atoms with Gasteiger partial charge in [0.15, 0.2) is 0 Å². The highest BCUT2D eigenvalue weighted by molar-refractivity contribution is 5.76. The van der Waals surface area contributed by atoms with E-state index in [2.05, 4.69) is 17.5 Å². The first-order chi connectivity index (χ1) is 10.9. The van der Waals surface area contributed by atoms with E-state index < -0.39 is 0 Å². The molecule has 0 atom stereocenters. The van der Waals surface area contributed by atoms with Crippen LogP contribution in [0.5, 0.6) is 0 Å². The van der Waals surface area contributed by atoms with Gasteiger partial charge >= 0.3 is 0 Å². The van der Waals surface area contributed by atoms with Crippen LogP contribution in [0, 0.1) is 18.3 Å². The molecule has 0 spiro atoms. The molecule has 0 saturated carbocycles. The molecule has 1 amide bonds. The minimum Gasteiger partial charge on any atom is -0.397 e. The van der Waals surface area contributed by atoms with Crippen LogP contribution in [-0.2, 0) is 17.8 Å². The monoisotopic (exact) mass is 310 g/mol. The van der Waals surface area contributed by atoms with Gasteiger partial charge in [-0.15, -0.1) is 0 Å². The predicted octanol–water partition coefficient (Wildman–Crippen LogP) is 2.37. The Morgan fingerprint density at radius 3 is 2.74 bits per heavy atom. The van der Waals surface area contributed by atoms with Crippen LogP contribution in [0.3, 0.4) is 0 Å². The SMILES string of the molecule is Cc1cccc(Cc2c(N)cc(C#N)n2CC(=O)NC(C)C)c1. The van der Waals surface area contributed by atoms with Crippen molar-refractivity contribution >= 4 is 11.6 Å². The Kier molecular flexibility index (Phi) is 5.07. The van der Waals surface area contributed by atoms with Crippen molar-refractivity contribution in [2.24, 2.45) is 0 Å². The van der Waals surface area contributed by atoms with Gasteiger partial charge in [-0.05, 0) is 32.4 Å². The fourth-order valence-electron chi connectivity index (χ4n) is 2.61. The summed E-state index contributed by atoms with van der Waals surface area (Å²) in [5, 5.41) is 12.1. The molecular weight excluding hydrogens is 288 g/mol. The van der Waals surface area contributed by atoms with Gasteiger partial charge in [0.25, 0.3) is 0 Å². The maximum Gasteiger partial charge on any atom is 0.240 e. The molecule has 1 heterocycles. The van der Waals surface area contributed by atoms with Gasteiger partial charge in [0.05, 0.1) is 5.69 Å². The Hall–Kier alpha value is -2.74. The maximum absolute atomic E-state index is 12.1. The number of carbonyl (C=O) groups excluding carboxylic acids is 1. The molecule has 0 saturated heterocycles. The number of rotatable bonds is 5. The molecule has 1 aromatic carbocycles. The molecule has 0 aliphatic carbocycles. The molecule has 1 aromatic heterocycles. The number of nitrogens with two attached hydrogens (primary N) is 1. The van der Waals surface area contributed by atoms with Gasteiger partial charge in [0.2, 0.25) is 5.91 Å². The van der Waals surface area contributed by atoms with Crippen molar-refractivity contribution in [3.05, 3.63) is 52.8 Å².